The maximum Gasteiger partial charge on any atom is 0.298 e. The number of ether oxygens (including phenoxy) is 1. The third kappa shape index (κ3) is 1.03. The molecule has 1 heterocycles. The fraction of sp³-hybridized carbons (Fsp3) is 0. The van der Waals surface area contributed by atoms with Crippen molar-refractivity contribution in [3.63, 3.8) is 0 Å². The molecule has 2 rings (SSSR count). The van der Waals surface area contributed by atoms with Crippen LogP contribution >= 0.6 is 0 Å². The molecular formula is C8H5NO3. The third-order valence-electron chi connectivity index (χ3n) is 1.49. The first kappa shape index (κ1) is 6.84. The molecule has 0 bridgehead atoms. The van der Waals surface area contributed by atoms with Gasteiger partial charge in [0.15, 0.2) is 12.0 Å². The van der Waals surface area contributed by atoms with Gasteiger partial charge >= 0.3 is 0 Å². The summed E-state index contributed by atoms with van der Waals surface area (Å²) in [5.74, 6) is 0.464. The van der Waals surface area contributed by atoms with E-state index in [2.05, 4.69) is 9.72 Å². The quantitative estimate of drug-likeness (QED) is 0.627. The Morgan fingerprint density at radius 2 is 2.42 bits per heavy atom. The molecule has 1 aromatic carbocycles. The molecule has 4 nitrogen and oxygen atoms in total. The number of hydrogen-bond acceptors (Lipinski definition) is 4. The standard InChI is InChI=1S/C8H5NO3/c10-5-12-6-1-2-8-7(3-6)9-4-11-8/h1-5H. The van der Waals surface area contributed by atoms with Gasteiger partial charge in [-0.1, -0.05) is 0 Å². The fourth-order valence-electron chi connectivity index (χ4n) is 0.967. The molecule has 0 aliphatic rings. The maximum atomic E-state index is 9.98. The Hall–Kier alpha value is -1.84. The van der Waals surface area contributed by atoms with Crippen molar-refractivity contribution in [2.75, 3.05) is 0 Å². The van der Waals surface area contributed by atoms with Crippen LogP contribution < -0.4 is 4.74 Å². The molecule has 0 fully saturated rings. The molecule has 0 N–H and O–H groups in total. The van der Waals surface area contributed by atoms with Crippen molar-refractivity contribution in [3.05, 3.63) is 24.6 Å². The number of nitrogens with zero attached hydrogens (tertiary/aromatic N) is 1. The third-order valence-corrected chi connectivity index (χ3v) is 1.49. The minimum Gasteiger partial charge on any atom is -0.443 e. The van der Waals surface area contributed by atoms with E-state index in [1.165, 1.54) is 6.39 Å². The van der Waals surface area contributed by atoms with Crippen molar-refractivity contribution < 1.29 is 13.9 Å². The van der Waals surface area contributed by atoms with Gasteiger partial charge < -0.3 is 9.15 Å². The van der Waals surface area contributed by atoms with Gasteiger partial charge in [-0.05, 0) is 12.1 Å². The average molecular weight is 163 g/mol. The average Bonchev–Trinajstić information content (AvgIpc) is 2.51. The molecule has 0 unspecified atom stereocenters. The normalized spacial score (nSPS) is 10.0. The zero-order chi connectivity index (χ0) is 8.39. The van der Waals surface area contributed by atoms with Crippen molar-refractivity contribution in [2.24, 2.45) is 0 Å². The van der Waals surface area contributed by atoms with Crippen LogP contribution in [0.25, 0.3) is 11.1 Å². The monoisotopic (exact) mass is 163 g/mol. The van der Waals surface area contributed by atoms with E-state index in [4.69, 9.17) is 4.42 Å². The summed E-state index contributed by atoms with van der Waals surface area (Å²) in [5, 5.41) is 0. The lowest BCUT2D eigenvalue weighted by Gasteiger charge is -1.94. The van der Waals surface area contributed by atoms with Gasteiger partial charge in [0.2, 0.25) is 0 Å². The van der Waals surface area contributed by atoms with E-state index in [0.29, 0.717) is 23.3 Å². The van der Waals surface area contributed by atoms with Crippen molar-refractivity contribution in [3.8, 4) is 5.75 Å². The van der Waals surface area contributed by atoms with E-state index >= 15 is 0 Å². The summed E-state index contributed by atoms with van der Waals surface area (Å²) < 4.78 is 9.62. The van der Waals surface area contributed by atoms with E-state index in [1.807, 2.05) is 0 Å². The van der Waals surface area contributed by atoms with Gasteiger partial charge in [-0.2, -0.15) is 0 Å². The maximum absolute atomic E-state index is 9.98. The van der Waals surface area contributed by atoms with E-state index in [1.54, 1.807) is 18.2 Å². The van der Waals surface area contributed by atoms with E-state index in [9.17, 15) is 4.79 Å². The first-order valence-corrected chi connectivity index (χ1v) is 3.34. The van der Waals surface area contributed by atoms with Gasteiger partial charge in [0.05, 0.1) is 0 Å². The molecule has 1 aromatic heterocycles. The van der Waals surface area contributed by atoms with Gasteiger partial charge in [-0.3, -0.25) is 4.79 Å². The van der Waals surface area contributed by atoms with Gasteiger partial charge in [0, 0.05) is 6.07 Å². The van der Waals surface area contributed by atoms with Crippen molar-refractivity contribution in [1.29, 1.82) is 0 Å². The summed E-state index contributed by atoms with van der Waals surface area (Å²) in [4.78, 5) is 13.9. The SMILES string of the molecule is O=COc1ccc2ocnc2c1. The van der Waals surface area contributed by atoms with Crippen molar-refractivity contribution in [2.45, 2.75) is 0 Å². The van der Waals surface area contributed by atoms with Crippen LogP contribution in [0.15, 0.2) is 29.0 Å². The van der Waals surface area contributed by atoms with Crippen molar-refractivity contribution in [1.82, 2.24) is 4.98 Å². The largest absolute Gasteiger partial charge is 0.443 e. The zero-order valence-electron chi connectivity index (χ0n) is 6.06. The van der Waals surface area contributed by atoms with Crippen LogP contribution in [0.1, 0.15) is 0 Å². The zero-order valence-corrected chi connectivity index (χ0v) is 6.06. The molecule has 60 valence electrons. The van der Waals surface area contributed by atoms with Crippen LogP contribution in [-0.4, -0.2) is 11.5 Å². The number of carbonyl (C=O) groups excluding carboxylic acids is 1. The van der Waals surface area contributed by atoms with Crippen LogP contribution in [0.2, 0.25) is 0 Å². The molecule has 12 heavy (non-hydrogen) atoms. The van der Waals surface area contributed by atoms with Gasteiger partial charge in [0.1, 0.15) is 11.3 Å². The predicted octanol–water partition coefficient (Wildman–Crippen LogP) is 1.36. The Morgan fingerprint density at radius 3 is 3.25 bits per heavy atom. The Kier molecular flexibility index (Phi) is 1.51. The van der Waals surface area contributed by atoms with Crippen LogP contribution in [0.4, 0.5) is 0 Å². The van der Waals surface area contributed by atoms with Crippen molar-refractivity contribution >= 4 is 17.6 Å². The topological polar surface area (TPSA) is 52.3 Å². The van der Waals surface area contributed by atoms with Crippen LogP contribution in [-0.2, 0) is 4.79 Å². The minimum absolute atomic E-state index is 0.376. The molecule has 0 atom stereocenters. The number of fused-ring (bicyclic) bond motifs is 1. The number of rotatable bonds is 2. The van der Waals surface area contributed by atoms with E-state index < -0.39 is 0 Å². The first-order valence-electron chi connectivity index (χ1n) is 3.34. The molecule has 0 spiro atoms. The minimum atomic E-state index is 0.376. The lowest BCUT2D eigenvalue weighted by molar-refractivity contribution is -0.120. The highest BCUT2D eigenvalue weighted by molar-refractivity contribution is 5.74. The molecular weight excluding hydrogens is 158 g/mol. The Bertz CT molecular complexity index is 407. The number of oxazole rings is 1. The summed E-state index contributed by atoms with van der Waals surface area (Å²) >= 11 is 0. The second-order valence-electron chi connectivity index (χ2n) is 2.20. The summed E-state index contributed by atoms with van der Waals surface area (Å²) in [6.45, 7) is 0.376. The number of carbonyl (C=O) groups is 1. The molecule has 0 aliphatic carbocycles. The molecule has 0 saturated carbocycles. The predicted molar refractivity (Wildman–Crippen MR) is 40.7 cm³/mol. The summed E-state index contributed by atoms with van der Waals surface area (Å²) in [7, 11) is 0. The first-order chi connectivity index (χ1) is 5.90. The Morgan fingerprint density at radius 1 is 1.50 bits per heavy atom. The number of hydrogen-bond donors (Lipinski definition) is 0. The smallest absolute Gasteiger partial charge is 0.298 e. The second kappa shape index (κ2) is 2.65. The fourth-order valence-corrected chi connectivity index (χ4v) is 0.967. The lowest BCUT2D eigenvalue weighted by atomic mass is 10.3. The second-order valence-corrected chi connectivity index (χ2v) is 2.20. The van der Waals surface area contributed by atoms with Gasteiger partial charge in [0.25, 0.3) is 6.47 Å². The summed E-state index contributed by atoms with van der Waals surface area (Å²) in [6.07, 6.45) is 1.34. The van der Waals surface area contributed by atoms with Gasteiger partial charge in [-0.15, -0.1) is 0 Å². The molecule has 0 saturated heterocycles. The van der Waals surface area contributed by atoms with E-state index in [-0.39, 0.29) is 0 Å². The Labute approximate surface area is 67.8 Å². The van der Waals surface area contributed by atoms with Crippen LogP contribution in [0, 0.1) is 0 Å². The highest BCUT2D eigenvalue weighted by atomic mass is 16.5. The summed E-state index contributed by atoms with van der Waals surface area (Å²) in [6, 6.07) is 4.97. The number of aromatic nitrogens is 1. The number of benzene rings is 1. The lowest BCUT2D eigenvalue weighted by Crippen LogP contribution is -1.87. The molecule has 4 heteroatoms. The summed E-state index contributed by atoms with van der Waals surface area (Å²) in [5.41, 5.74) is 1.35. The highest BCUT2D eigenvalue weighted by Crippen LogP contribution is 2.18. The van der Waals surface area contributed by atoms with E-state index in [0.717, 1.165) is 0 Å². The molecule has 0 radical (unpaired) electrons. The molecule has 2 aromatic rings. The molecule has 0 amide bonds. The highest BCUT2D eigenvalue weighted by Gasteiger charge is 1.99. The molecule has 0 aliphatic heterocycles. The van der Waals surface area contributed by atoms with Gasteiger partial charge in [-0.25, -0.2) is 4.98 Å². The van der Waals surface area contributed by atoms with Crippen LogP contribution in [0.3, 0.4) is 0 Å². The Balaban J connectivity index is 2.52. The van der Waals surface area contributed by atoms with Crippen LogP contribution in [0.5, 0.6) is 5.75 Å².